The Kier molecular flexibility index (Phi) is 3.39. The molecule has 1 aromatic rings. The van der Waals surface area contributed by atoms with Crippen molar-refractivity contribution in [3.63, 3.8) is 0 Å². The largest absolute Gasteiger partial charge is 0.478 e. The maximum Gasteiger partial charge on any atom is 0.335 e. The molecule has 0 bridgehead atoms. The van der Waals surface area contributed by atoms with E-state index in [0.717, 1.165) is 6.07 Å². The van der Waals surface area contributed by atoms with Crippen LogP contribution in [0.3, 0.4) is 0 Å². The fourth-order valence-electron chi connectivity index (χ4n) is 1.93. The van der Waals surface area contributed by atoms with Crippen LogP contribution in [0.1, 0.15) is 16.8 Å². The first-order valence-corrected chi connectivity index (χ1v) is 5.80. The number of aromatic carboxylic acids is 1. The van der Waals surface area contributed by atoms with Gasteiger partial charge < -0.3 is 10.0 Å². The summed E-state index contributed by atoms with van der Waals surface area (Å²) < 4.78 is 0. The average molecular weight is 285 g/mol. The third-order valence-electron chi connectivity index (χ3n) is 2.79. The van der Waals surface area contributed by atoms with E-state index in [4.69, 9.17) is 16.7 Å². The first-order chi connectivity index (χ1) is 8.90. The number of rotatable bonds is 3. The molecule has 0 aliphatic carbocycles. The van der Waals surface area contributed by atoms with Gasteiger partial charge >= 0.3 is 5.97 Å². The number of nitro groups is 1. The maximum absolute atomic E-state index is 11.7. The van der Waals surface area contributed by atoms with Crippen molar-refractivity contribution >= 4 is 34.9 Å². The van der Waals surface area contributed by atoms with Gasteiger partial charge in [-0.05, 0) is 12.1 Å². The Morgan fingerprint density at radius 1 is 1.53 bits per heavy atom. The zero-order valence-corrected chi connectivity index (χ0v) is 10.3. The van der Waals surface area contributed by atoms with Crippen LogP contribution in [0.2, 0.25) is 0 Å². The SMILES string of the molecule is O=C(O)c1ccc(N2CC(Cl)CC2=O)c([N+](=O)[O-])c1. The molecule has 7 nitrogen and oxygen atoms in total. The van der Waals surface area contributed by atoms with Crippen LogP contribution in [0.4, 0.5) is 11.4 Å². The summed E-state index contributed by atoms with van der Waals surface area (Å²) >= 11 is 5.84. The van der Waals surface area contributed by atoms with E-state index < -0.39 is 22.0 Å². The number of halogens is 1. The molecule has 1 aromatic carbocycles. The normalized spacial score (nSPS) is 18.7. The highest BCUT2D eigenvalue weighted by Gasteiger charge is 2.33. The van der Waals surface area contributed by atoms with Crippen molar-refractivity contribution < 1.29 is 19.6 Å². The van der Waals surface area contributed by atoms with E-state index >= 15 is 0 Å². The molecule has 1 unspecified atom stereocenters. The Hall–Kier alpha value is -2.15. The van der Waals surface area contributed by atoms with Crippen molar-refractivity contribution in [3.8, 4) is 0 Å². The summed E-state index contributed by atoms with van der Waals surface area (Å²) in [4.78, 5) is 34.0. The number of hydrogen-bond donors (Lipinski definition) is 1. The highest BCUT2D eigenvalue weighted by molar-refractivity contribution is 6.24. The van der Waals surface area contributed by atoms with E-state index in [2.05, 4.69) is 0 Å². The molecule has 100 valence electrons. The van der Waals surface area contributed by atoms with Crippen LogP contribution >= 0.6 is 11.6 Å². The summed E-state index contributed by atoms with van der Waals surface area (Å²) in [7, 11) is 0. The van der Waals surface area contributed by atoms with E-state index in [-0.39, 0.29) is 30.1 Å². The first-order valence-electron chi connectivity index (χ1n) is 5.36. The molecule has 0 aromatic heterocycles. The van der Waals surface area contributed by atoms with Crippen LogP contribution in [0, 0.1) is 10.1 Å². The molecule has 1 atom stereocenters. The Labute approximate surface area is 112 Å². The molecule has 2 rings (SSSR count). The molecule has 1 fully saturated rings. The summed E-state index contributed by atoms with van der Waals surface area (Å²) in [5.41, 5.74) is -0.549. The molecule has 0 radical (unpaired) electrons. The van der Waals surface area contributed by atoms with Crippen LogP contribution in [-0.2, 0) is 4.79 Å². The number of hydrogen-bond acceptors (Lipinski definition) is 4. The molecule has 19 heavy (non-hydrogen) atoms. The van der Waals surface area contributed by atoms with Gasteiger partial charge in [0.15, 0.2) is 0 Å². The zero-order valence-electron chi connectivity index (χ0n) is 9.58. The molecule has 1 heterocycles. The predicted molar refractivity (Wildman–Crippen MR) is 66.7 cm³/mol. The van der Waals surface area contributed by atoms with Crippen LogP contribution < -0.4 is 4.90 Å². The van der Waals surface area contributed by atoms with Crippen LogP contribution in [0.5, 0.6) is 0 Å². The molecule has 1 aliphatic heterocycles. The van der Waals surface area contributed by atoms with Crippen molar-refractivity contribution in [2.45, 2.75) is 11.8 Å². The third-order valence-corrected chi connectivity index (χ3v) is 3.08. The number of carbonyl (C=O) groups excluding carboxylic acids is 1. The van der Waals surface area contributed by atoms with E-state index in [0.29, 0.717) is 0 Å². The Morgan fingerprint density at radius 2 is 2.21 bits per heavy atom. The lowest BCUT2D eigenvalue weighted by atomic mass is 10.1. The maximum atomic E-state index is 11.7. The minimum Gasteiger partial charge on any atom is -0.478 e. The van der Waals surface area contributed by atoms with Crippen molar-refractivity contribution in [1.82, 2.24) is 0 Å². The van der Waals surface area contributed by atoms with Gasteiger partial charge in [0, 0.05) is 19.0 Å². The van der Waals surface area contributed by atoms with Gasteiger partial charge in [-0.3, -0.25) is 14.9 Å². The molecular formula is C11H9ClN2O5. The lowest BCUT2D eigenvalue weighted by molar-refractivity contribution is -0.384. The molecule has 1 saturated heterocycles. The number of alkyl halides is 1. The van der Waals surface area contributed by atoms with Crippen LogP contribution in [0.15, 0.2) is 18.2 Å². The predicted octanol–water partition coefficient (Wildman–Crippen LogP) is 1.64. The van der Waals surface area contributed by atoms with E-state index in [1.807, 2.05) is 0 Å². The highest BCUT2D eigenvalue weighted by atomic mass is 35.5. The zero-order chi connectivity index (χ0) is 14.2. The topological polar surface area (TPSA) is 101 Å². The van der Waals surface area contributed by atoms with Gasteiger partial charge in [-0.15, -0.1) is 11.6 Å². The number of anilines is 1. The molecular weight excluding hydrogens is 276 g/mol. The summed E-state index contributed by atoms with van der Waals surface area (Å²) in [5, 5.41) is 19.4. The minimum atomic E-state index is -1.27. The van der Waals surface area contributed by atoms with Crippen molar-refractivity contribution in [2.24, 2.45) is 0 Å². The summed E-state index contributed by atoms with van der Waals surface area (Å²) in [6.07, 6.45) is 0.111. The van der Waals surface area contributed by atoms with E-state index in [1.54, 1.807) is 0 Å². The molecule has 1 amide bonds. The number of amides is 1. The van der Waals surface area contributed by atoms with Gasteiger partial charge in [0.25, 0.3) is 5.69 Å². The lowest BCUT2D eigenvalue weighted by Crippen LogP contribution is -2.25. The third kappa shape index (κ3) is 2.50. The lowest BCUT2D eigenvalue weighted by Gasteiger charge is -2.16. The number of carboxylic acid groups (broad SMARTS) is 1. The summed E-state index contributed by atoms with van der Waals surface area (Å²) in [6, 6.07) is 3.42. The summed E-state index contributed by atoms with van der Waals surface area (Å²) in [6.45, 7) is 0.174. The van der Waals surface area contributed by atoms with Crippen molar-refractivity contribution in [2.75, 3.05) is 11.4 Å². The fraction of sp³-hybridized carbons (Fsp3) is 0.273. The Morgan fingerprint density at radius 3 is 2.68 bits per heavy atom. The second-order valence-electron chi connectivity index (χ2n) is 4.07. The van der Waals surface area contributed by atoms with E-state index in [9.17, 15) is 19.7 Å². The van der Waals surface area contributed by atoms with Gasteiger partial charge in [0.1, 0.15) is 5.69 Å². The van der Waals surface area contributed by atoms with Crippen LogP contribution in [0.25, 0.3) is 0 Å². The molecule has 1 aliphatic rings. The molecule has 1 N–H and O–H groups in total. The van der Waals surface area contributed by atoms with E-state index in [1.165, 1.54) is 17.0 Å². The number of carbonyl (C=O) groups is 2. The number of nitro benzene ring substituents is 1. The van der Waals surface area contributed by atoms with Gasteiger partial charge in [-0.25, -0.2) is 4.79 Å². The number of carboxylic acids is 1. The Bertz CT molecular complexity index is 574. The van der Waals surface area contributed by atoms with Crippen molar-refractivity contribution in [3.05, 3.63) is 33.9 Å². The van der Waals surface area contributed by atoms with Crippen LogP contribution in [-0.4, -0.2) is 33.8 Å². The number of nitrogens with zero attached hydrogens (tertiary/aromatic N) is 2. The standard InChI is InChI=1S/C11H9ClN2O5/c12-7-4-10(15)13(5-7)8-2-1-6(11(16)17)3-9(8)14(18)19/h1-3,7H,4-5H2,(H,16,17). The monoisotopic (exact) mass is 284 g/mol. The fourth-order valence-corrected chi connectivity index (χ4v) is 2.20. The molecule has 0 saturated carbocycles. The Balaban J connectivity index is 2.48. The molecule has 0 spiro atoms. The smallest absolute Gasteiger partial charge is 0.335 e. The minimum absolute atomic E-state index is 0.0724. The quantitative estimate of drug-likeness (QED) is 0.516. The van der Waals surface area contributed by atoms with Gasteiger partial charge in [0.2, 0.25) is 5.91 Å². The first kappa shape index (κ1) is 13.3. The van der Waals surface area contributed by atoms with Gasteiger partial charge in [-0.1, -0.05) is 0 Å². The van der Waals surface area contributed by atoms with Gasteiger partial charge in [-0.2, -0.15) is 0 Å². The average Bonchev–Trinajstić information content (AvgIpc) is 2.67. The second kappa shape index (κ2) is 4.85. The highest BCUT2D eigenvalue weighted by Crippen LogP contribution is 2.33. The number of benzene rings is 1. The van der Waals surface area contributed by atoms with Crippen molar-refractivity contribution in [1.29, 1.82) is 0 Å². The van der Waals surface area contributed by atoms with Gasteiger partial charge in [0.05, 0.1) is 15.9 Å². The molecule has 8 heteroatoms. The summed E-state index contributed by atoms with van der Waals surface area (Å²) in [5.74, 6) is -1.58. The second-order valence-corrected chi connectivity index (χ2v) is 4.69.